The Morgan fingerprint density at radius 2 is 1.85 bits per heavy atom. The summed E-state index contributed by atoms with van der Waals surface area (Å²) in [4.78, 5) is 30.0. The summed E-state index contributed by atoms with van der Waals surface area (Å²) in [6.45, 7) is 5.64. The third-order valence-corrected chi connectivity index (χ3v) is 5.02. The van der Waals surface area contributed by atoms with Crippen LogP contribution in [0, 0.1) is 42.9 Å². The van der Waals surface area contributed by atoms with Crippen LogP contribution in [0.2, 0.25) is 0 Å². The summed E-state index contributed by atoms with van der Waals surface area (Å²) in [5, 5.41) is 8.86. The molecule has 3 rings (SSSR count). The molecule has 1 aromatic heterocycles. The molecule has 1 fully saturated rings. The van der Waals surface area contributed by atoms with Gasteiger partial charge in [-0.1, -0.05) is 5.92 Å². The van der Waals surface area contributed by atoms with Crippen LogP contribution in [0.25, 0.3) is 0 Å². The van der Waals surface area contributed by atoms with Gasteiger partial charge in [-0.15, -0.1) is 5.92 Å². The molecule has 0 amide bonds. The van der Waals surface area contributed by atoms with Gasteiger partial charge in [-0.3, -0.25) is 14.6 Å². The van der Waals surface area contributed by atoms with Crippen molar-refractivity contribution in [3.05, 3.63) is 64.0 Å². The van der Waals surface area contributed by atoms with E-state index in [0.717, 1.165) is 27.9 Å². The summed E-state index contributed by atoms with van der Waals surface area (Å²) in [7, 11) is 0. The summed E-state index contributed by atoms with van der Waals surface area (Å²) in [5.74, 6) is 4.78. The van der Waals surface area contributed by atoms with E-state index in [0.29, 0.717) is 12.0 Å². The highest BCUT2D eigenvalue weighted by Gasteiger charge is 2.43. The van der Waals surface area contributed by atoms with Gasteiger partial charge in [-0.25, -0.2) is 0 Å². The maximum atomic E-state index is 13.0. The second-order valence-electron chi connectivity index (χ2n) is 6.96. The van der Waals surface area contributed by atoms with E-state index in [2.05, 4.69) is 16.8 Å². The molecule has 1 aromatic carbocycles. The fourth-order valence-corrected chi connectivity index (χ4v) is 3.84. The van der Waals surface area contributed by atoms with Crippen molar-refractivity contribution in [1.82, 2.24) is 4.98 Å². The van der Waals surface area contributed by atoms with E-state index in [4.69, 9.17) is 5.26 Å². The van der Waals surface area contributed by atoms with Gasteiger partial charge in [0.2, 0.25) is 0 Å². The number of rotatable bonds is 3. The number of Topliss-reactive ketones (excluding diaryl/α,β-unsaturated/α-hetero) is 2. The molecule has 0 saturated heterocycles. The Labute approximate surface area is 159 Å². The van der Waals surface area contributed by atoms with Gasteiger partial charge in [0, 0.05) is 29.8 Å². The Morgan fingerprint density at radius 1 is 1.15 bits per heavy atom. The van der Waals surface area contributed by atoms with Crippen molar-refractivity contribution in [2.24, 2.45) is 5.92 Å². The molecule has 2 atom stereocenters. The molecular weight excluding hydrogens is 336 g/mol. The van der Waals surface area contributed by atoms with Crippen LogP contribution in [0.4, 0.5) is 0 Å². The molecule has 4 heteroatoms. The van der Waals surface area contributed by atoms with E-state index in [1.807, 2.05) is 32.0 Å². The van der Waals surface area contributed by atoms with Crippen LogP contribution in [0.3, 0.4) is 0 Å². The summed E-state index contributed by atoms with van der Waals surface area (Å²) < 4.78 is 0. The minimum atomic E-state index is -0.697. The Hall–Kier alpha value is -3.24. The fourth-order valence-electron chi connectivity index (χ4n) is 3.84. The topological polar surface area (TPSA) is 70.8 Å². The zero-order valence-electron chi connectivity index (χ0n) is 15.7. The van der Waals surface area contributed by atoms with E-state index < -0.39 is 5.92 Å². The van der Waals surface area contributed by atoms with Gasteiger partial charge in [0.05, 0.1) is 5.56 Å². The van der Waals surface area contributed by atoms with E-state index in [-0.39, 0.29) is 23.9 Å². The number of carbonyl (C=O) groups is 2. The molecule has 1 aliphatic rings. The number of aromatic nitrogens is 1. The fraction of sp³-hybridized carbons (Fsp3) is 0.304. The SMILES string of the molecule is CC#Cc1cc(C)c(C2C(=O)C[C@H](Cc3ccc(C#N)cn3)C2=O)c(C)c1. The standard InChI is InChI=1S/C23H20N2O2/c1-4-5-16-8-14(2)21(15(3)9-16)22-20(26)11-18(23(22)27)10-19-7-6-17(12-24)13-25-19/h6-9,13,18,22H,10-11H2,1-3H3/t18-,22?/m0/s1. The summed E-state index contributed by atoms with van der Waals surface area (Å²) >= 11 is 0. The normalized spacial score (nSPS) is 18.7. The highest BCUT2D eigenvalue weighted by molar-refractivity contribution is 6.15. The summed E-state index contributed by atoms with van der Waals surface area (Å²) in [5.41, 5.74) is 4.78. The van der Waals surface area contributed by atoms with E-state index >= 15 is 0 Å². The minimum Gasteiger partial charge on any atom is -0.298 e. The predicted molar refractivity (Wildman–Crippen MR) is 102 cm³/mol. The van der Waals surface area contributed by atoms with Crippen molar-refractivity contribution in [1.29, 1.82) is 5.26 Å². The quantitative estimate of drug-likeness (QED) is 0.624. The molecule has 1 unspecified atom stereocenters. The average Bonchev–Trinajstić information content (AvgIpc) is 2.90. The Bertz CT molecular complexity index is 994. The van der Waals surface area contributed by atoms with Crippen LogP contribution in [-0.4, -0.2) is 16.6 Å². The van der Waals surface area contributed by atoms with Gasteiger partial charge in [0.1, 0.15) is 17.8 Å². The lowest BCUT2D eigenvalue weighted by atomic mass is 9.86. The van der Waals surface area contributed by atoms with Gasteiger partial charge in [0.15, 0.2) is 5.78 Å². The number of ketones is 2. The van der Waals surface area contributed by atoms with Crippen molar-refractivity contribution < 1.29 is 9.59 Å². The van der Waals surface area contributed by atoms with Gasteiger partial charge >= 0.3 is 0 Å². The lowest BCUT2D eigenvalue weighted by Crippen LogP contribution is -2.19. The first-order valence-electron chi connectivity index (χ1n) is 8.90. The van der Waals surface area contributed by atoms with E-state index in [9.17, 15) is 9.59 Å². The van der Waals surface area contributed by atoms with Crippen LogP contribution in [0.5, 0.6) is 0 Å². The van der Waals surface area contributed by atoms with E-state index in [1.54, 1.807) is 19.1 Å². The lowest BCUT2D eigenvalue weighted by Gasteiger charge is -2.16. The number of carbonyl (C=O) groups excluding carboxylic acids is 2. The van der Waals surface area contributed by atoms with Gasteiger partial charge < -0.3 is 0 Å². The van der Waals surface area contributed by atoms with E-state index in [1.165, 1.54) is 6.20 Å². The number of pyridine rings is 1. The van der Waals surface area contributed by atoms with Crippen LogP contribution in [-0.2, 0) is 16.0 Å². The molecule has 2 aromatic rings. The molecule has 0 radical (unpaired) electrons. The smallest absolute Gasteiger partial charge is 0.151 e. The first-order chi connectivity index (χ1) is 12.9. The lowest BCUT2D eigenvalue weighted by molar-refractivity contribution is -0.124. The molecule has 0 bridgehead atoms. The van der Waals surface area contributed by atoms with Crippen molar-refractivity contribution >= 4 is 11.6 Å². The molecular formula is C23H20N2O2. The van der Waals surface area contributed by atoms with Crippen LogP contribution in [0.1, 0.15) is 52.8 Å². The van der Waals surface area contributed by atoms with Gasteiger partial charge in [0.25, 0.3) is 0 Å². The number of nitrogens with zero attached hydrogens (tertiary/aromatic N) is 2. The number of nitriles is 1. The maximum absolute atomic E-state index is 13.0. The van der Waals surface area contributed by atoms with Gasteiger partial charge in [-0.05, 0) is 68.1 Å². The molecule has 4 nitrogen and oxygen atoms in total. The van der Waals surface area contributed by atoms with Crippen LogP contribution in [0.15, 0.2) is 30.5 Å². The third-order valence-electron chi connectivity index (χ3n) is 5.02. The molecule has 0 N–H and O–H groups in total. The third kappa shape index (κ3) is 3.66. The second kappa shape index (κ2) is 7.56. The Kier molecular flexibility index (Phi) is 5.19. The highest BCUT2D eigenvalue weighted by Crippen LogP contribution is 2.37. The van der Waals surface area contributed by atoms with Crippen molar-refractivity contribution in [2.75, 3.05) is 0 Å². The predicted octanol–water partition coefficient (Wildman–Crippen LogP) is 3.43. The first kappa shape index (κ1) is 18.5. The van der Waals surface area contributed by atoms with Crippen LogP contribution < -0.4 is 0 Å². The monoisotopic (exact) mass is 356 g/mol. The van der Waals surface area contributed by atoms with Crippen LogP contribution >= 0.6 is 0 Å². The molecule has 0 aliphatic heterocycles. The zero-order chi connectivity index (χ0) is 19.6. The van der Waals surface area contributed by atoms with Crippen molar-refractivity contribution in [2.45, 2.75) is 39.5 Å². The molecule has 1 saturated carbocycles. The molecule has 1 heterocycles. The number of hydrogen-bond donors (Lipinski definition) is 0. The second-order valence-corrected chi connectivity index (χ2v) is 6.96. The molecule has 27 heavy (non-hydrogen) atoms. The first-order valence-corrected chi connectivity index (χ1v) is 8.90. The van der Waals surface area contributed by atoms with Crippen molar-refractivity contribution in [3.8, 4) is 17.9 Å². The maximum Gasteiger partial charge on any atom is 0.151 e. The minimum absolute atomic E-state index is 0.0285. The number of aryl methyl sites for hydroxylation is 2. The largest absolute Gasteiger partial charge is 0.298 e. The number of benzene rings is 1. The summed E-state index contributed by atoms with van der Waals surface area (Å²) in [6, 6.07) is 9.34. The average molecular weight is 356 g/mol. The van der Waals surface area contributed by atoms with Gasteiger partial charge in [-0.2, -0.15) is 5.26 Å². The molecule has 1 aliphatic carbocycles. The summed E-state index contributed by atoms with van der Waals surface area (Å²) in [6.07, 6.45) is 2.15. The highest BCUT2D eigenvalue weighted by atomic mass is 16.2. The Balaban J connectivity index is 1.88. The Morgan fingerprint density at radius 3 is 2.41 bits per heavy atom. The van der Waals surface area contributed by atoms with Crippen molar-refractivity contribution in [3.63, 3.8) is 0 Å². The molecule has 0 spiro atoms. The zero-order valence-corrected chi connectivity index (χ0v) is 15.7. The molecule has 134 valence electrons. The number of hydrogen-bond acceptors (Lipinski definition) is 4.